The molecular formula is C14H13N5O2. The van der Waals surface area contributed by atoms with Gasteiger partial charge in [-0.1, -0.05) is 5.21 Å². The van der Waals surface area contributed by atoms with Gasteiger partial charge in [-0.2, -0.15) is 0 Å². The third-order valence-electron chi connectivity index (χ3n) is 3.64. The van der Waals surface area contributed by atoms with E-state index in [1.54, 1.807) is 0 Å². The van der Waals surface area contributed by atoms with Crippen molar-refractivity contribution >= 4 is 11.6 Å². The lowest BCUT2D eigenvalue weighted by Gasteiger charge is -2.01. The summed E-state index contributed by atoms with van der Waals surface area (Å²) in [6, 6.07) is 3.97. The van der Waals surface area contributed by atoms with Crippen LogP contribution in [0.2, 0.25) is 0 Å². The van der Waals surface area contributed by atoms with Crippen molar-refractivity contribution in [2.45, 2.75) is 25.3 Å². The van der Waals surface area contributed by atoms with Crippen molar-refractivity contribution in [1.82, 2.24) is 24.4 Å². The van der Waals surface area contributed by atoms with Crippen LogP contribution in [-0.2, 0) is 6.54 Å². The van der Waals surface area contributed by atoms with Gasteiger partial charge in [-0.05, 0) is 30.5 Å². The van der Waals surface area contributed by atoms with Crippen molar-refractivity contribution in [2.24, 2.45) is 0 Å². The molecular weight excluding hydrogens is 270 g/mol. The van der Waals surface area contributed by atoms with Crippen LogP contribution in [-0.4, -0.2) is 35.5 Å². The number of fused-ring (bicyclic) bond motifs is 1. The zero-order valence-electron chi connectivity index (χ0n) is 11.2. The maximum atomic E-state index is 10.8. The molecule has 0 unspecified atom stereocenters. The van der Waals surface area contributed by atoms with Crippen molar-refractivity contribution in [3.8, 4) is 0 Å². The Morgan fingerprint density at radius 3 is 2.95 bits per heavy atom. The van der Waals surface area contributed by atoms with E-state index < -0.39 is 5.97 Å². The van der Waals surface area contributed by atoms with E-state index in [1.165, 1.54) is 23.7 Å². The van der Waals surface area contributed by atoms with Crippen LogP contribution in [0.5, 0.6) is 0 Å². The molecule has 0 saturated heterocycles. The van der Waals surface area contributed by atoms with Crippen LogP contribution in [0.4, 0.5) is 0 Å². The van der Waals surface area contributed by atoms with E-state index in [9.17, 15) is 4.79 Å². The van der Waals surface area contributed by atoms with Crippen LogP contribution in [0, 0.1) is 0 Å². The second kappa shape index (κ2) is 4.41. The SMILES string of the molecule is O=C(O)c1cn(Cc2ccn3cc(C4CC4)nc3c2)nn1. The molecule has 4 rings (SSSR count). The van der Waals surface area contributed by atoms with Crippen molar-refractivity contribution < 1.29 is 9.90 Å². The van der Waals surface area contributed by atoms with Crippen molar-refractivity contribution in [3.63, 3.8) is 0 Å². The van der Waals surface area contributed by atoms with Crippen LogP contribution in [0.3, 0.4) is 0 Å². The number of hydrogen-bond acceptors (Lipinski definition) is 4. The summed E-state index contributed by atoms with van der Waals surface area (Å²) in [7, 11) is 0. The summed E-state index contributed by atoms with van der Waals surface area (Å²) in [6.07, 6.45) is 7.93. The molecule has 3 aromatic rings. The molecule has 0 aliphatic heterocycles. The largest absolute Gasteiger partial charge is 0.476 e. The maximum absolute atomic E-state index is 10.8. The quantitative estimate of drug-likeness (QED) is 0.785. The Labute approximate surface area is 119 Å². The van der Waals surface area contributed by atoms with Crippen LogP contribution in [0.25, 0.3) is 5.65 Å². The normalized spacial score (nSPS) is 14.7. The minimum Gasteiger partial charge on any atom is -0.476 e. The summed E-state index contributed by atoms with van der Waals surface area (Å²) in [4.78, 5) is 15.4. The molecule has 1 aliphatic rings. The minimum atomic E-state index is -1.07. The van der Waals surface area contributed by atoms with Gasteiger partial charge < -0.3 is 9.51 Å². The summed E-state index contributed by atoms with van der Waals surface area (Å²) in [5.74, 6) is -0.444. The second-order valence-electron chi connectivity index (χ2n) is 5.35. The van der Waals surface area contributed by atoms with Gasteiger partial charge in [0.15, 0.2) is 5.69 Å². The van der Waals surface area contributed by atoms with E-state index in [0.29, 0.717) is 12.5 Å². The van der Waals surface area contributed by atoms with Crippen molar-refractivity contribution in [1.29, 1.82) is 0 Å². The maximum Gasteiger partial charge on any atom is 0.358 e. The Kier molecular flexibility index (Phi) is 2.53. The predicted octanol–water partition coefficient (Wildman–Crippen LogP) is 1.55. The Morgan fingerprint density at radius 1 is 1.38 bits per heavy atom. The number of carboxylic acids is 1. The average Bonchev–Trinajstić information content (AvgIpc) is 3.06. The van der Waals surface area contributed by atoms with Crippen LogP contribution in [0.15, 0.2) is 30.7 Å². The van der Waals surface area contributed by atoms with E-state index in [0.717, 1.165) is 16.9 Å². The van der Waals surface area contributed by atoms with Gasteiger partial charge in [0.25, 0.3) is 0 Å². The number of carboxylic acid groups (broad SMARTS) is 1. The number of nitrogens with zero attached hydrogens (tertiary/aromatic N) is 5. The highest BCUT2D eigenvalue weighted by Crippen LogP contribution is 2.39. The molecule has 0 spiro atoms. The first-order valence-electron chi connectivity index (χ1n) is 6.80. The first kappa shape index (κ1) is 12.1. The Bertz CT molecular complexity index is 831. The Morgan fingerprint density at radius 2 is 2.24 bits per heavy atom. The van der Waals surface area contributed by atoms with Gasteiger partial charge in [-0.25, -0.2) is 14.5 Å². The van der Waals surface area contributed by atoms with Gasteiger partial charge in [0.05, 0.1) is 18.4 Å². The van der Waals surface area contributed by atoms with Crippen molar-refractivity contribution in [3.05, 3.63) is 47.7 Å². The van der Waals surface area contributed by atoms with E-state index in [1.807, 2.05) is 22.7 Å². The zero-order valence-corrected chi connectivity index (χ0v) is 11.2. The van der Waals surface area contributed by atoms with E-state index >= 15 is 0 Å². The molecule has 0 amide bonds. The van der Waals surface area contributed by atoms with Gasteiger partial charge in [0, 0.05) is 18.3 Å². The number of hydrogen-bond donors (Lipinski definition) is 1. The number of pyridine rings is 1. The second-order valence-corrected chi connectivity index (χ2v) is 5.35. The van der Waals surface area contributed by atoms with Crippen molar-refractivity contribution in [2.75, 3.05) is 0 Å². The van der Waals surface area contributed by atoms with Gasteiger partial charge in [0.2, 0.25) is 0 Å². The van der Waals surface area contributed by atoms with Gasteiger partial charge in [-0.3, -0.25) is 0 Å². The highest BCUT2D eigenvalue weighted by atomic mass is 16.4. The molecule has 106 valence electrons. The van der Waals surface area contributed by atoms with Crippen LogP contribution < -0.4 is 0 Å². The smallest absolute Gasteiger partial charge is 0.358 e. The molecule has 1 N–H and O–H groups in total. The zero-order chi connectivity index (χ0) is 14.4. The summed E-state index contributed by atoms with van der Waals surface area (Å²) in [5.41, 5.74) is 3.03. The molecule has 3 aromatic heterocycles. The lowest BCUT2D eigenvalue weighted by molar-refractivity contribution is 0.0690. The summed E-state index contributed by atoms with van der Waals surface area (Å²) in [6.45, 7) is 0.475. The number of carbonyl (C=O) groups is 1. The molecule has 0 bridgehead atoms. The Balaban J connectivity index is 1.61. The topological polar surface area (TPSA) is 85.3 Å². The average molecular weight is 283 g/mol. The molecule has 0 atom stereocenters. The molecule has 1 aliphatic carbocycles. The van der Waals surface area contributed by atoms with E-state index in [2.05, 4.69) is 21.5 Å². The number of aromatic carboxylic acids is 1. The highest BCUT2D eigenvalue weighted by molar-refractivity contribution is 5.84. The monoisotopic (exact) mass is 283 g/mol. The Hall–Kier alpha value is -2.70. The molecule has 0 radical (unpaired) electrons. The molecule has 1 fully saturated rings. The standard InChI is InChI=1S/C14H13N5O2/c20-14(21)12-8-19(17-16-12)6-9-3-4-18-7-11(10-1-2-10)15-13(18)5-9/h3-5,7-8,10H,1-2,6H2,(H,20,21). The number of rotatable bonds is 4. The molecule has 7 nitrogen and oxygen atoms in total. The minimum absolute atomic E-state index is 0.0482. The lowest BCUT2D eigenvalue weighted by atomic mass is 10.2. The highest BCUT2D eigenvalue weighted by Gasteiger charge is 2.26. The summed E-state index contributed by atoms with van der Waals surface area (Å²) < 4.78 is 3.53. The molecule has 3 heterocycles. The molecule has 21 heavy (non-hydrogen) atoms. The molecule has 0 aromatic carbocycles. The molecule has 1 saturated carbocycles. The number of imidazole rings is 1. The first-order valence-corrected chi connectivity index (χ1v) is 6.80. The van der Waals surface area contributed by atoms with Gasteiger partial charge in [-0.15, -0.1) is 5.10 Å². The fourth-order valence-corrected chi connectivity index (χ4v) is 2.38. The fourth-order valence-electron chi connectivity index (χ4n) is 2.38. The van der Waals surface area contributed by atoms with Crippen LogP contribution >= 0.6 is 0 Å². The number of aromatic nitrogens is 5. The third kappa shape index (κ3) is 2.26. The van der Waals surface area contributed by atoms with Gasteiger partial charge in [0.1, 0.15) is 5.65 Å². The van der Waals surface area contributed by atoms with E-state index in [4.69, 9.17) is 5.11 Å². The van der Waals surface area contributed by atoms with Gasteiger partial charge >= 0.3 is 5.97 Å². The fraction of sp³-hybridized carbons (Fsp3) is 0.286. The third-order valence-corrected chi connectivity index (χ3v) is 3.64. The lowest BCUT2D eigenvalue weighted by Crippen LogP contribution is -2.01. The predicted molar refractivity (Wildman–Crippen MR) is 73.3 cm³/mol. The van der Waals surface area contributed by atoms with Crippen LogP contribution in [0.1, 0.15) is 40.5 Å². The summed E-state index contributed by atoms with van der Waals surface area (Å²) in [5, 5.41) is 16.3. The van der Waals surface area contributed by atoms with E-state index in [-0.39, 0.29) is 5.69 Å². The summed E-state index contributed by atoms with van der Waals surface area (Å²) >= 11 is 0. The molecule has 7 heteroatoms. The first-order chi connectivity index (χ1) is 10.2.